The standard InChI is InChI=1S/C15H22ClN/c1-2-3-12-4-5-13(10-15(12)16)11-6-8-14(17)9-7-11/h4-5,10-11,14H,2-3,6-9,17H2,1H3. The minimum atomic E-state index is 0.418. The molecule has 0 atom stereocenters. The third-order valence-corrected chi connectivity index (χ3v) is 4.19. The maximum Gasteiger partial charge on any atom is 0.0440 e. The Bertz CT molecular complexity index is 367. The number of hydrogen-bond acceptors (Lipinski definition) is 1. The number of rotatable bonds is 3. The molecule has 0 spiro atoms. The van der Waals surface area contributed by atoms with Crippen molar-refractivity contribution in [2.24, 2.45) is 5.73 Å². The Hall–Kier alpha value is -0.530. The molecule has 0 radical (unpaired) electrons. The normalized spacial score (nSPS) is 24.9. The summed E-state index contributed by atoms with van der Waals surface area (Å²) in [4.78, 5) is 0. The molecular formula is C15H22ClN. The van der Waals surface area contributed by atoms with Crippen molar-refractivity contribution in [3.05, 3.63) is 34.3 Å². The Morgan fingerprint density at radius 3 is 2.53 bits per heavy atom. The number of hydrogen-bond donors (Lipinski definition) is 1. The van der Waals surface area contributed by atoms with Crippen molar-refractivity contribution in [3.63, 3.8) is 0 Å². The van der Waals surface area contributed by atoms with Gasteiger partial charge in [-0.2, -0.15) is 0 Å². The SMILES string of the molecule is CCCc1ccc(C2CCC(N)CC2)cc1Cl. The summed E-state index contributed by atoms with van der Waals surface area (Å²) >= 11 is 6.33. The van der Waals surface area contributed by atoms with Gasteiger partial charge < -0.3 is 5.73 Å². The zero-order valence-corrected chi connectivity index (χ0v) is 11.3. The summed E-state index contributed by atoms with van der Waals surface area (Å²) in [5.41, 5.74) is 8.63. The van der Waals surface area contributed by atoms with Gasteiger partial charge in [-0.15, -0.1) is 0 Å². The highest BCUT2D eigenvalue weighted by molar-refractivity contribution is 6.31. The molecule has 1 aliphatic rings. The highest BCUT2D eigenvalue weighted by Crippen LogP contribution is 2.34. The van der Waals surface area contributed by atoms with Crippen molar-refractivity contribution in [1.29, 1.82) is 0 Å². The lowest BCUT2D eigenvalue weighted by molar-refractivity contribution is 0.395. The van der Waals surface area contributed by atoms with Crippen LogP contribution in [0.1, 0.15) is 56.1 Å². The van der Waals surface area contributed by atoms with E-state index in [0.29, 0.717) is 12.0 Å². The Balaban J connectivity index is 2.09. The van der Waals surface area contributed by atoms with Crippen LogP contribution in [0.5, 0.6) is 0 Å². The molecular weight excluding hydrogens is 230 g/mol. The number of aryl methyl sites for hydroxylation is 1. The van der Waals surface area contributed by atoms with Gasteiger partial charge in [-0.3, -0.25) is 0 Å². The van der Waals surface area contributed by atoms with Crippen molar-refractivity contribution >= 4 is 11.6 Å². The van der Waals surface area contributed by atoms with E-state index in [1.165, 1.54) is 24.0 Å². The fourth-order valence-electron chi connectivity index (χ4n) is 2.74. The summed E-state index contributed by atoms with van der Waals surface area (Å²) in [5, 5.41) is 0.944. The van der Waals surface area contributed by atoms with E-state index in [2.05, 4.69) is 25.1 Å². The van der Waals surface area contributed by atoms with E-state index in [1.807, 2.05) is 0 Å². The van der Waals surface area contributed by atoms with Gasteiger partial charge in [-0.05, 0) is 55.2 Å². The van der Waals surface area contributed by atoms with Crippen LogP contribution in [0.3, 0.4) is 0 Å². The van der Waals surface area contributed by atoms with Gasteiger partial charge in [0.1, 0.15) is 0 Å². The second-order valence-electron chi connectivity index (χ2n) is 5.21. The largest absolute Gasteiger partial charge is 0.328 e. The summed E-state index contributed by atoms with van der Waals surface area (Å²) in [5.74, 6) is 0.669. The fraction of sp³-hybridized carbons (Fsp3) is 0.600. The van der Waals surface area contributed by atoms with Crippen LogP contribution in [0.4, 0.5) is 0 Å². The van der Waals surface area contributed by atoms with Gasteiger partial charge in [0.15, 0.2) is 0 Å². The highest BCUT2D eigenvalue weighted by Gasteiger charge is 2.20. The number of benzene rings is 1. The molecule has 94 valence electrons. The Morgan fingerprint density at radius 1 is 1.24 bits per heavy atom. The molecule has 17 heavy (non-hydrogen) atoms. The molecule has 1 fully saturated rings. The van der Waals surface area contributed by atoms with E-state index in [-0.39, 0.29) is 0 Å². The Kier molecular flexibility index (Phi) is 4.47. The molecule has 0 unspecified atom stereocenters. The first-order chi connectivity index (χ1) is 8.20. The Labute approximate surface area is 109 Å². The molecule has 0 bridgehead atoms. The van der Waals surface area contributed by atoms with Crippen molar-refractivity contribution in [1.82, 2.24) is 0 Å². The van der Waals surface area contributed by atoms with Gasteiger partial charge in [-0.25, -0.2) is 0 Å². The maximum atomic E-state index is 6.33. The first kappa shape index (κ1) is 12.9. The van der Waals surface area contributed by atoms with Crippen LogP contribution in [-0.4, -0.2) is 6.04 Å². The minimum Gasteiger partial charge on any atom is -0.328 e. The molecule has 2 heteroatoms. The first-order valence-corrected chi connectivity index (χ1v) is 7.12. The minimum absolute atomic E-state index is 0.418. The molecule has 0 aromatic heterocycles. The van der Waals surface area contributed by atoms with E-state index >= 15 is 0 Å². The van der Waals surface area contributed by atoms with Crippen molar-refractivity contribution in [2.45, 2.75) is 57.4 Å². The molecule has 0 amide bonds. The van der Waals surface area contributed by atoms with Gasteiger partial charge in [0.25, 0.3) is 0 Å². The average molecular weight is 252 g/mol. The molecule has 0 heterocycles. The average Bonchev–Trinajstić information content (AvgIpc) is 2.33. The summed E-state index contributed by atoms with van der Waals surface area (Å²) in [6, 6.07) is 7.06. The fourth-order valence-corrected chi connectivity index (χ4v) is 3.03. The van der Waals surface area contributed by atoms with Crippen LogP contribution in [0, 0.1) is 0 Å². The van der Waals surface area contributed by atoms with E-state index in [4.69, 9.17) is 17.3 Å². The second-order valence-corrected chi connectivity index (χ2v) is 5.62. The molecule has 1 saturated carbocycles. The quantitative estimate of drug-likeness (QED) is 0.853. The van der Waals surface area contributed by atoms with Crippen molar-refractivity contribution in [3.8, 4) is 0 Å². The van der Waals surface area contributed by atoms with Gasteiger partial charge in [0.2, 0.25) is 0 Å². The van der Waals surface area contributed by atoms with E-state index in [9.17, 15) is 0 Å². The van der Waals surface area contributed by atoms with Crippen LogP contribution in [0.15, 0.2) is 18.2 Å². The molecule has 1 aromatic carbocycles. The molecule has 2 N–H and O–H groups in total. The van der Waals surface area contributed by atoms with Gasteiger partial charge in [0.05, 0.1) is 0 Å². The molecule has 0 aliphatic heterocycles. The lowest BCUT2D eigenvalue weighted by atomic mass is 9.82. The lowest BCUT2D eigenvalue weighted by Gasteiger charge is -2.26. The Morgan fingerprint density at radius 2 is 1.94 bits per heavy atom. The highest BCUT2D eigenvalue weighted by atomic mass is 35.5. The van der Waals surface area contributed by atoms with E-state index < -0.39 is 0 Å². The maximum absolute atomic E-state index is 6.33. The van der Waals surface area contributed by atoms with Crippen LogP contribution in [-0.2, 0) is 6.42 Å². The molecule has 1 nitrogen and oxygen atoms in total. The predicted molar refractivity (Wildman–Crippen MR) is 74.6 cm³/mol. The summed E-state index contributed by atoms with van der Waals surface area (Å²) in [6.07, 6.45) is 6.96. The van der Waals surface area contributed by atoms with E-state index in [0.717, 1.165) is 30.7 Å². The van der Waals surface area contributed by atoms with Crippen molar-refractivity contribution < 1.29 is 0 Å². The van der Waals surface area contributed by atoms with Gasteiger partial charge >= 0.3 is 0 Å². The predicted octanol–water partition coefficient (Wildman–Crippen LogP) is 4.28. The topological polar surface area (TPSA) is 26.0 Å². The molecule has 0 saturated heterocycles. The van der Waals surface area contributed by atoms with E-state index in [1.54, 1.807) is 0 Å². The molecule has 2 rings (SSSR count). The van der Waals surface area contributed by atoms with Crippen LogP contribution >= 0.6 is 11.6 Å². The summed E-state index contributed by atoms with van der Waals surface area (Å²) < 4.78 is 0. The molecule has 1 aromatic rings. The summed E-state index contributed by atoms with van der Waals surface area (Å²) in [6.45, 7) is 2.19. The number of nitrogens with two attached hydrogens (primary N) is 1. The third kappa shape index (κ3) is 3.23. The zero-order chi connectivity index (χ0) is 12.3. The zero-order valence-electron chi connectivity index (χ0n) is 10.6. The third-order valence-electron chi connectivity index (χ3n) is 3.84. The second kappa shape index (κ2) is 5.88. The van der Waals surface area contributed by atoms with Gasteiger partial charge in [-0.1, -0.05) is 37.1 Å². The lowest BCUT2D eigenvalue weighted by Crippen LogP contribution is -2.25. The van der Waals surface area contributed by atoms with Crippen LogP contribution in [0.2, 0.25) is 5.02 Å². The molecule has 1 aliphatic carbocycles. The first-order valence-electron chi connectivity index (χ1n) is 6.74. The van der Waals surface area contributed by atoms with Crippen molar-refractivity contribution in [2.75, 3.05) is 0 Å². The van der Waals surface area contributed by atoms with Crippen LogP contribution in [0.25, 0.3) is 0 Å². The van der Waals surface area contributed by atoms with Gasteiger partial charge in [0, 0.05) is 11.1 Å². The van der Waals surface area contributed by atoms with Crippen LogP contribution < -0.4 is 5.73 Å². The number of halogens is 1. The monoisotopic (exact) mass is 251 g/mol. The summed E-state index contributed by atoms with van der Waals surface area (Å²) in [7, 11) is 0. The smallest absolute Gasteiger partial charge is 0.0440 e.